The number of hydrogen-bond donors (Lipinski definition) is 2. The van der Waals surface area contributed by atoms with Gasteiger partial charge in [-0.25, -0.2) is 0 Å². The Bertz CT molecular complexity index is 411. The fourth-order valence-electron chi connectivity index (χ4n) is 2.60. The molecule has 1 amide bonds. The van der Waals surface area contributed by atoms with E-state index in [9.17, 15) is 9.90 Å². The molecule has 0 spiro atoms. The molecule has 4 heteroatoms. The Morgan fingerprint density at radius 3 is 2.42 bits per heavy atom. The second-order valence-electron chi connectivity index (χ2n) is 5.29. The highest BCUT2D eigenvalue weighted by Gasteiger charge is 2.28. The van der Waals surface area contributed by atoms with Crippen molar-refractivity contribution in [3.05, 3.63) is 35.9 Å². The van der Waals surface area contributed by atoms with Crippen LogP contribution in [0.15, 0.2) is 30.3 Å². The Labute approximate surface area is 114 Å². The summed E-state index contributed by atoms with van der Waals surface area (Å²) < 4.78 is 0. The number of nitrogens with two attached hydrogens (primary N) is 1. The summed E-state index contributed by atoms with van der Waals surface area (Å²) in [5.74, 6) is 0.284. The maximum Gasteiger partial charge on any atom is 0.244 e. The topological polar surface area (TPSA) is 66.6 Å². The first-order valence-corrected chi connectivity index (χ1v) is 6.87. The summed E-state index contributed by atoms with van der Waals surface area (Å²) in [6.45, 7) is 3.20. The Hall–Kier alpha value is -1.39. The molecule has 2 atom stereocenters. The van der Waals surface area contributed by atoms with Crippen LogP contribution >= 0.6 is 0 Å². The zero-order chi connectivity index (χ0) is 13.8. The van der Waals surface area contributed by atoms with Crippen LogP contribution in [-0.2, 0) is 4.79 Å². The summed E-state index contributed by atoms with van der Waals surface area (Å²) in [4.78, 5) is 14.1. The summed E-state index contributed by atoms with van der Waals surface area (Å²) in [6.07, 6.45) is 1.41. The number of carbonyl (C=O) groups is 1. The molecule has 0 bridgehead atoms. The monoisotopic (exact) mass is 262 g/mol. The third-order valence-corrected chi connectivity index (χ3v) is 3.96. The van der Waals surface area contributed by atoms with Crippen molar-refractivity contribution in [3.8, 4) is 0 Å². The lowest BCUT2D eigenvalue weighted by Crippen LogP contribution is -2.44. The van der Waals surface area contributed by atoms with E-state index in [-0.39, 0.29) is 12.0 Å². The number of benzene rings is 1. The molecule has 3 N–H and O–H groups in total. The maximum atomic E-state index is 12.3. The third kappa shape index (κ3) is 3.33. The van der Waals surface area contributed by atoms with Crippen molar-refractivity contribution >= 4 is 5.91 Å². The van der Waals surface area contributed by atoms with Gasteiger partial charge >= 0.3 is 0 Å². The molecule has 4 nitrogen and oxygen atoms in total. The molecule has 0 radical (unpaired) electrons. The minimum atomic E-state index is -0.579. The molecule has 1 heterocycles. The van der Waals surface area contributed by atoms with Gasteiger partial charge in [-0.3, -0.25) is 4.79 Å². The first-order valence-electron chi connectivity index (χ1n) is 6.87. The molecule has 1 aromatic carbocycles. The van der Waals surface area contributed by atoms with Crippen LogP contribution in [0.1, 0.15) is 31.4 Å². The Balaban J connectivity index is 1.94. The summed E-state index contributed by atoms with van der Waals surface area (Å²) >= 11 is 0. The van der Waals surface area contributed by atoms with Gasteiger partial charge in [-0.15, -0.1) is 0 Å². The van der Waals surface area contributed by atoms with E-state index in [4.69, 9.17) is 5.73 Å². The second-order valence-corrected chi connectivity index (χ2v) is 5.29. The molecule has 1 aliphatic heterocycles. The number of aliphatic hydroxyl groups excluding tert-OH is 1. The number of carbonyl (C=O) groups excluding carboxylic acids is 1. The SMILES string of the molecule is C[C@H](O)C1CCN(C(=O)[C@@H](N)c2ccccc2)CC1. The lowest BCUT2D eigenvalue weighted by atomic mass is 9.91. The quantitative estimate of drug-likeness (QED) is 0.863. The van der Waals surface area contributed by atoms with E-state index >= 15 is 0 Å². The highest BCUT2D eigenvalue weighted by Crippen LogP contribution is 2.22. The number of likely N-dealkylation sites (tertiary alicyclic amines) is 1. The van der Waals surface area contributed by atoms with Crippen molar-refractivity contribution in [2.45, 2.75) is 31.9 Å². The molecular weight excluding hydrogens is 240 g/mol. The highest BCUT2D eigenvalue weighted by molar-refractivity contribution is 5.83. The Morgan fingerprint density at radius 1 is 1.32 bits per heavy atom. The van der Waals surface area contributed by atoms with Crippen molar-refractivity contribution < 1.29 is 9.90 Å². The number of amides is 1. The minimum absolute atomic E-state index is 0.0183. The zero-order valence-corrected chi connectivity index (χ0v) is 11.3. The van der Waals surface area contributed by atoms with Gasteiger partial charge in [0.25, 0.3) is 0 Å². The van der Waals surface area contributed by atoms with Gasteiger partial charge < -0.3 is 15.7 Å². The number of rotatable bonds is 3. The van der Waals surface area contributed by atoms with Gasteiger partial charge in [-0.1, -0.05) is 30.3 Å². The zero-order valence-electron chi connectivity index (χ0n) is 11.3. The summed E-state index contributed by atoms with van der Waals surface area (Å²) in [5, 5.41) is 9.56. The molecule has 2 rings (SSSR count). The van der Waals surface area contributed by atoms with Crippen molar-refractivity contribution in [1.82, 2.24) is 4.90 Å². The van der Waals surface area contributed by atoms with E-state index in [1.54, 1.807) is 0 Å². The fourth-order valence-corrected chi connectivity index (χ4v) is 2.60. The molecule has 0 unspecified atom stereocenters. The Morgan fingerprint density at radius 2 is 1.89 bits per heavy atom. The van der Waals surface area contributed by atoms with Crippen LogP contribution in [0.2, 0.25) is 0 Å². The van der Waals surface area contributed by atoms with Crippen LogP contribution in [0.3, 0.4) is 0 Å². The first kappa shape index (κ1) is 14.0. The van der Waals surface area contributed by atoms with Gasteiger partial charge in [-0.05, 0) is 31.2 Å². The van der Waals surface area contributed by atoms with Crippen LogP contribution in [0.5, 0.6) is 0 Å². The van der Waals surface area contributed by atoms with E-state index in [0.29, 0.717) is 19.0 Å². The normalized spacial score (nSPS) is 20.1. The average Bonchev–Trinajstić information content (AvgIpc) is 2.46. The summed E-state index contributed by atoms with van der Waals surface area (Å²) in [6, 6.07) is 8.87. The second kappa shape index (κ2) is 6.17. The minimum Gasteiger partial charge on any atom is -0.393 e. The van der Waals surface area contributed by atoms with Crippen molar-refractivity contribution in [1.29, 1.82) is 0 Å². The molecule has 0 aliphatic carbocycles. The number of aliphatic hydroxyl groups is 1. The molecule has 1 aromatic rings. The first-order chi connectivity index (χ1) is 9.09. The van der Waals surface area contributed by atoms with Gasteiger partial charge in [0.15, 0.2) is 0 Å². The van der Waals surface area contributed by atoms with Gasteiger partial charge in [0.2, 0.25) is 5.91 Å². The van der Waals surface area contributed by atoms with Crippen molar-refractivity contribution in [3.63, 3.8) is 0 Å². The van der Waals surface area contributed by atoms with E-state index in [1.165, 1.54) is 0 Å². The molecule has 104 valence electrons. The molecule has 1 saturated heterocycles. The standard InChI is InChI=1S/C15H22N2O2/c1-11(18)12-7-9-17(10-8-12)15(19)14(16)13-5-3-2-4-6-13/h2-6,11-12,14,18H,7-10,16H2,1H3/t11-,14-/m0/s1. The number of piperidine rings is 1. The largest absolute Gasteiger partial charge is 0.393 e. The number of nitrogens with zero attached hydrogens (tertiary/aromatic N) is 1. The lowest BCUT2D eigenvalue weighted by Gasteiger charge is -2.34. The number of hydrogen-bond acceptors (Lipinski definition) is 3. The van der Waals surface area contributed by atoms with Gasteiger partial charge in [0.1, 0.15) is 6.04 Å². The average molecular weight is 262 g/mol. The summed E-state index contributed by atoms with van der Waals surface area (Å²) in [7, 11) is 0. The van der Waals surface area contributed by atoms with Crippen molar-refractivity contribution in [2.24, 2.45) is 11.7 Å². The molecule has 1 aliphatic rings. The summed E-state index contributed by atoms with van der Waals surface area (Å²) in [5.41, 5.74) is 6.88. The van der Waals surface area contributed by atoms with Gasteiger partial charge in [-0.2, -0.15) is 0 Å². The molecule has 19 heavy (non-hydrogen) atoms. The van der Waals surface area contributed by atoms with Crippen LogP contribution in [0.25, 0.3) is 0 Å². The smallest absolute Gasteiger partial charge is 0.244 e. The van der Waals surface area contributed by atoms with Crippen LogP contribution < -0.4 is 5.73 Å². The van der Waals surface area contributed by atoms with Gasteiger partial charge in [0.05, 0.1) is 6.10 Å². The van der Waals surface area contributed by atoms with Crippen LogP contribution in [-0.4, -0.2) is 35.1 Å². The lowest BCUT2D eigenvalue weighted by molar-refractivity contribution is -0.134. The molecule has 0 aromatic heterocycles. The fraction of sp³-hybridized carbons (Fsp3) is 0.533. The predicted octanol–water partition coefficient (Wildman–Crippen LogP) is 1.31. The highest BCUT2D eigenvalue weighted by atomic mass is 16.3. The van der Waals surface area contributed by atoms with Crippen molar-refractivity contribution in [2.75, 3.05) is 13.1 Å². The van der Waals surface area contributed by atoms with E-state index in [0.717, 1.165) is 18.4 Å². The van der Waals surface area contributed by atoms with E-state index in [2.05, 4.69) is 0 Å². The molecular formula is C15H22N2O2. The van der Waals surface area contributed by atoms with Crippen LogP contribution in [0, 0.1) is 5.92 Å². The maximum absolute atomic E-state index is 12.3. The molecule has 1 fully saturated rings. The van der Waals surface area contributed by atoms with Crippen LogP contribution in [0.4, 0.5) is 0 Å². The Kier molecular flexibility index (Phi) is 4.56. The van der Waals surface area contributed by atoms with E-state index in [1.807, 2.05) is 42.2 Å². The third-order valence-electron chi connectivity index (χ3n) is 3.96. The van der Waals surface area contributed by atoms with E-state index < -0.39 is 6.04 Å². The molecule has 0 saturated carbocycles. The predicted molar refractivity (Wildman–Crippen MR) is 74.4 cm³/mol. The van der Waals surface area contributed by atoms with Gasteiger partial charge in [0, 0.05) is 13.1 Å².